The van der Waals surface area contributed by atoms with Gasteiger partial charge in [0, 0.05) is 38.1 Å². The Labute approximate surface area is 139 Å². The number of allylic oxidation sites excluding steroid dienone is 1. The minimum atomic E-state index is 0.0330. The highest BCUT2D eigenvalue weighted by atomic mass is 16.2. The van der Waals surface area contributed by atoms with Crippen molar-refractivity contribution in [3.05, 3.63) is 41.1 Å². The third-order valence-electron chi connectivity index (χ3n) is 5.13. The number of nitrogens with zero attached hydrogens (tertiary/aromatic N) is 2. The Morgan fingerprint density at radius 2 is 1.87 bits per heavy atom. The fourth-order valence-corrected chi connectivity index (χ4v) is 3.15. The van der Waals surface area contributed by atoms with Gasteiger partial charge >= 0.3 is 6.03 Å². The van der Waals surface area contributed by atoms with E-state index in [1.807, 2.05) is 11.1 Å². The minimum Gasteiger partial charge on any atom is -0.368 e. The van der Waals surface area contributed by atoms with Crippen molar-refractivity contribution in [2.24, 2.45) is 5.92 Å². The molecule has 1 aromatic carbocycles. The molecule has 0 atom stereocenters. The molecule has 1 aliphatic carbocycles. The number of hydrogen-bond acceptors (Lipinski definition) is 2. The summed E-state index contributed by atoms with van der Waals surface area (Å²) in [5, 5.41) is 2.96. The molecule has 2 amide bonds. The second-order valence-corrected chi connectivity index (χ2v) is 6.81. The molecular formula is C19H27N3O. The van der Waals surface area contributed by atoms with Gasteiger partial charge in [0.1, 0.15) is 0 Å². The molecule has 0 bridgehead atoms. The molecule has 4 heteroatoms. The Morgan fingerprint density at radius 3 is 2.52 bits per heavy atom. The number of urea groups is 1. The maximum atomic E-state index is 12.3. The van der Waals surface area contributed by atoms with Crippen molar-refractivity contribution in [1.82, 2.24) is 10.2 Å². The second kappa shape index (κ2) is 6.65. The lowest BCUT2D eigenvalue weighted by molar-refractivity contribution is 0.198. The van der Waals surface area contributed by atoms with Gasteiger partial charge in [-0.1, -0.05) is 17.7 Å². The molecule has 3 rings (SSSR count). The molecule has 0 aromatic heterocycles. The third-order valence-corrected chi connectivity index (χ3v) is 5.13. The van der Waals surface area contributed by atoms with Crippen LogP contribution in [0.5, 0.6) is 0 Å². The lowest BCUT2D eigenvalue weighted by Crippen LogP contribution is -2.51. The summed E-state index contributed by atoms with van der Waals surface area (Å²) >= 11 is 0. The number of amides is 2. The number of carbonyl (C=O) groups is 1. The first-order chi connectivity index (χ1) is 11.1. The molecule has 1 aromatic rings. The number of carbonyl (C=O) groups excluding carboxylic acids is 1. The third kappa shape index (κ3) is 3.69. The molecule has 2 fully saturated rings. The van der Waals surface area contributed by atoms with E-state index in [-0.39, 0.29) is 6.03 Å². The van der Waals surface area contributed by atoms with Gasteiger partial charge < -0.3 is 15.1 Å². The van der Waals surface area contributed by atoms with E-state index in [0.717, 1.165) is 26.2 Å². The van der Waals surface area contributed by atoms with Gasteiger partial charge in [-0.3, -0.25) is 0 Å². The maximum absolute atomic E-state index is 12.3. The van der Waals surface area contributed by atoms with E-state index in [0.29, 0.717) is 5.92 Å². The summed E-state index contributed by atoms with van der Waals surface area (Å²) in [6.07, 6.45) is 4.44. The fourth-order valence-electron chi connectivity index (χ4n) is 3.15. The van der Waals surface area contributed by atoms with E-state index < -0.39 is 0 Å². The maximum Gasteiger partial charge on any atom is 0.321 e. The number of benzene rings is 1. The van der Waals surface area contributed by atoms with Crippen molar-refractivity contribution in [3.8, 4) is 0 Å². The van der Waals surface area contributed by atoms with Crippen molar-refractivity contribution in [2.75, 3.05) is 31.1 Å². The molecule has 4 nitrogen and oxygen atoms in total. The van der Waals surface area contributed by atoms with Gasteiger partial charge in [-0.05, 0) is 56.7 Å². The molecule has 2 aliphatic rings. The Bertz CT molecular complexity index is 611. The molecule has 23 heavy (non-hydrogen) atoms. The zero-order valence-electron chi connectivity index (χ0n) is 14.4. The van der Waals surface area contributed by atoms with Gasteiger partial charge in [-0.2, -0.15) is 0 Å². The molecule has 1 saturated heterocycles. The monoisotopic (exact) mass is 313 g/mol. The summed E-state index contributed by atoms with van der Waals surface area (Å²) in [5.41, 5.74) is 5.26. The predicted octanol–water partition coefficient (Wildman–Crippen LogP) is 3.45. The SMILES string of the molecule is C/C(=C\NC(=O)N1CCN(c2cccc(C)c2C)CC1)C1CC1. The van der Waals surface area contributed by atoms with Crippen molar-refractivity contribution in [3.63, 3.8) is 0 Å². The quantitative estimate of drug-likeness (QED) is 0.928. The fraction of sp³-hybridized carbons (Fsp3) is 0.526. The van der Waals surface area contributed by atoms with E-state index in [9.17, 15) is 4.79 Å². The molecule has 1 aliphatic heterocycles. The van der Waals surface area contributed by atoms with Crippen LogP contribution < -0.4 is 10.2 Å². The largest absolute Gasteiger partial charge is 0.368 e. The Hall–Kier alpha value is -1.97. The predicted molar refractivity (Wildman–Crippen MR) is 94.7 cm³/mol. The van der Waals surface area contributed by atoms with Gasteiger partial charge in [-0.25, -0.2) is 4.79 Å². The lowest BCUT2D eigenvalue weighted by Gasteiger charge is -2.36. The van der Waals surface area contributed by atoms with Crippen molar-refractivity contribution >= 4 is 11.7 Å². The van der Waals surface area contributed by atoms with Gasteiger partial charge in [-0.15, -0.1) is 0 Å². The number of hydrogen-bond donors (Lipinski definition) is 1. The molecule has 0 radical (unpaired) electrons. The Balaban J connectivity index is 1.54. The normalized spacial score (nSPS) is 19.0. The summed E-state index contributed by atoms with van der Waals surface area (Å²) < 4.78 is 0. The van der Waals surface area contributed by atoms with E-state index in [2.05, 4.69) is 49.2 Å². The standard InChI is InChI=1S/C19H27N3O/c1-14-5-4-6-18(16(14)3)21-9-11-22(12-10-21)19(23)20-13-15(2)17-7-8-17/h4-6,13,17H,7-12H2,1-3H3,(H,20,23)/b15-13+. The topological polar surface area (TPSA) is 35.6 Å². The molecule has 124 valence electrons. The summed E-state index contributed by atoms with van der Waals surface area (Å²) in [4.78, 5) is 16.6. The molecule has 1 N–H and O–H groups in total. The van der Waals surface area contributed by atoms with Crippen LogP contribution in [0.1, 0.15) is 30.9 Å². The van der Waals surface area contributed by atoms with Crippen LogP contribution in [0.4, 0.5) is 10.5 Å². The van der Waals surface area contributed by atoms with Crippen LogP contribution in [0, 0.1) is 19.8 Å². The molecule has 0 spiro atoms. The van der Waals surface area contributed by atoms with E-state index >= 15 is 0 Å². The van der Waals surface area contributed by atoms with Crippen LogP contribution in [0.15, 0.2) is 30.0 Å². The smallest absolute Gasteiger partial charge is 0.321 e. The molecule has 1 heterocycles. The summed E-state index contributed by atoms with van der Waals surface area (Å²) in [6.45, 7) is 9.76. The highest BCUT2D eigenvalue weighted by molar-refractivity contribution is 5.75. The summed E-state index contributed by atoms with van der Waals surface area (Å²) in [5.74, 6) is 0.705. The zero-order valence-corrected chi connectivity index (χ0v) is 14.4. The van der Waals surface area contributed by atoms with Crippen LogP contribution >= 0.6 is 0 Å². The van der Waals surface area contributed by atoms with Gasteiger partial charge in [0.2, 0.25) is 0 Å². The summed E-state index contributed by atoms with van der Waals surface area (Å²) in [7, 11) is 0. The van der Waals surface area contributed by atoms with Crippen LogP contribution in [0.2, 0.25) is 0 Å². The number of anilines is 1. The van der Waals surface area contributed by atoms with E-state index in [1.54, 1.807) is 0 Å². The molecule has 0 unspecified atom stereocenters. The van der Waals surface area contributed by atoms with Crippen LogP contribution in [-0.2, 0) is 0 Å². The van der Waals surface area contributed by atoms with Gasteiger partial charge in [0.05, 0.1) is 0 Å². The zero-order chi connectivity index (χ0) is 16.4. The highest BCUT2D eigenvalue weighted by Crippen LogP contribution is 2.35. The van der Waals surface area contributed by atoms with Gasteiger partial charge in [0.15, 0.2) is 0 Å². The van der Waals surface area contributed by atoms with Crippen molar-refractivity contribution in [1.29, 1.82) is 0 Å². The average molecular weight is 313 g/mol. The first-order valence-corrected chi connectivity index (χ1v) is 8.59. The molecule has 1 saturated carbocycles. The van der Waals surface area contributed by atoms with Crippen LogP contribution in [0.25, 0.3) is 0 Å². The first kappa shape index (κ1) is 15.9. The lowest BCUT2D eigenvalue weighted by atomic mass is 10.1. The number of rotatable bonds is 3. The number of nitrogens with one attached hydrogen (secondary N) is 1. The Kier molecular flexibility index (Phi) is 4.60. The number of aryl methyl sites for hydroxylation is 1. The second-order valence-electron chi connectivity index (χ2n) is 6.81. The first-order valence-electron chi connectivity index (χ1n) is 8.59. The Morgan fingerprint density at radius 1 is 1.17 bits per heavy atom. The van der Waals surface area contributed by atoms with Crippen LogP contribution in [-0.4, -0.2) is 37.1 Å². The average Bonchev–Trinajstić information content (AvgIpc) is 3.40. The molecular weight excluding hydrogens is 286 g/mol. The van der Waals surface area contributed by atoms with Crippen molar-refractivity contribution in [2.45, 2.75) is 33.6 Å². The highest BCUT2D eigenvalue weighted by Gasteiger charge is 2.24. The van der Waals surface area contributed by atoms with Gasteiger partial charge in [0.25, 0.3) is 0 Å². The van der Waals surface area contributed by atoms with E-state index in [1.165, 1.54) is 35.2 Å². The minimum absolute atomic E-state index is 0.0330. The van der Waals surface area contributed by atoms with Crippen LogP contribution in [0.3, 0.4) is 0 Å². The van der Waals surface area contributed by atoms with Crippen molar-refractivity contribution < 1.29 is 4.79 Å². The van der Waals surface area contributed by atoms with E-state index in [4.69, 9.17) is 0 Å². The summed E-state index contributed by atoms with van der Waals surface area (Å²) in [6, 6.07) is 6.48. The number of piperazine rings is 1.